The molecule has 1 rings (SSSR count). The minimum atomic E-state index is -0.991. The summed E-state index contributed by atoms with van der Waals surface area (Å²) in [7, 11) is 0. The number of alkyl halides is 1. The summed E-state index contributed by atoms with van der Waals surface area (Å²) >= 11 is 3.25. The lowest BCUT2D eigenvalue weighted by atomic mass is 10.3. The van der Waals surface area contributed by atoms with Crippen LogP contribution in [-0.4, -0.2) is 29.6 Å². The maximum atomic E-state index is 10.2. The standard InChI is InChI=1S/C10H11BrO4/c11-5-6-14-8-1-3-9(4-2-8)15-7-10(12)13/h1-4H,5-7H2,(H,12,13). The number of carboxylic acids is 1. The van der Waals surface area contributed by atoms with Crippen LogP contribution in [0, 0.1) is 0 Å². The molecule has 1 N–H and O–H groups in total. The smallest absolute Gasteiger partial charge is 0.341 e. The highest BCUT2D eigenvalue weighted by molar-refractivity contribution is 9.09. The maximum Gasteiger partial charge on any atom is 0.341 e. The largest absolute Gasteiger partial charge is 0.493 e. The Labute approximate surface area is 95.9 Å². The molecule has 1 aromatic carbocycles. The molecule has 0 unspecified atom stereocenters. The summed E-state index contributed by atoms with van der Waals surface area (Å²) in [5.74, 6) is 0.260. The Hall–Kier alpha value is -1.23. The molecular formula is C10H11BrO4. The summed E-state index contributed by atoms with van der Waals surface area (Å²) < 4.78 is 10.3. The van der Waals surface area contributed by atoms with E-state index >= 15 is 0 Å². The first-order valence-electron chi connectivity index (χ1n) is 4.36. The molecule has 1 aromatic rings. The molecule has 0 aliphatic heterocycles. The van der Waals surface area contributed by atoms with Gasteiger partial charge in [-0.2, -0.15) is 0 Å². The van der Waals surface area contributed by atoms with Crippen molar-refractivity contribution in [2.24, 2.45) is 0 Å². The van der Waals surface area contributed by atoms with Gasteiger partial charge in [0.2, 0.25) is 0 Å². The summed E-state index contributed by atoms with van der Waals surface area (Å²) in [5, 5.41) is 9.16. The quantitative estimate of drug-likeness (QED) is 0.806. The van der Waals surface area contributed by atoms with Crippen LogP contribution in [0.15, 0.2) is 24.3 Å². The molecule has 82 valence electrons. The Kier molecular flexibility index (Phi) is 4.97. The monoisotopic (exact) mass is 274 g/mol. The molecule has 0 aliphatic carbocycles. The van der Waals surface area contributed by atoms with E-state index in [1.54, 1.807) is 24.3 Å². The van der Waals surface area contributed by atoms with Crippen molar-refractivity contribution in [2.75, 3.05) is 18.5 Å². The third kappa shape index (κ3) is 4.69. The van der Waals surface area contributed by atoms with Crippen molar-refractivity contribution in [3.63, 3.8) is 0 Å². The third-order valence-corrected chi connectivity index (χ3v) is 1.86. The molecular weight excluding hydrogens is 264 g/mol. The van der Waals surface area contributed by atoms with Crippen LogP contribution >= 0.6 is 15.9 Å². The average Bonchev–Trinajstić information content (AvgIpc) is 2.25. The minimum Gasteiger partial charge on any atom is -0.493 e. The highest BCUT2D eigenvalue weighted by Gasteiger charge is 1.99. The number of hydrogen-bond donors (Lipinski definition) is 1. The van der Waals surface area contributed by atoms with Crippen LogP contribution in [-0.2, 0) is 4.79 Å². The summed E-state index contributed by atoms with van der Waals surface area (Å²) in [6.07, 6.45) is 0. The van der Waals surface area contributed by atoms with E-state index in [-0.39, 0.29) is 6.61 Å². The Morgan fingerprint density at radius 2 is 1.73 bits per heavy atom. The van der Waals surface area contributed by atoms with Crippen molar-refractivity contribution < 1.29 is 19.4 Å². The Balaban J connectivity index is 2.45. The van der Waals surface area contributed by atoms with Crippen molar-refractivity contribution in [3.05, 3.63) is 24.3 Å². The molecule has 0 fully saturated rings. The Bertz CT molecular complexity index is 310. The molecule has 0 radical (unpaired) electrons. The van der Waals surface area contributed by atoms with Gasteiger partial charge < -0.3 is 14.6 Å². The topological polar surface area (TPSA) is 55.8 Å². The second-order valence-electron chi connectivity index (χ2n) is 2.69. The van der Waals surface area contributed by atoms with Crippen LogP contribution in [0.5, 0.6) is 11.5 Å². The molecule has 0 spiro atoms. The van der Waals surface area contributed by atoms with Gasteiger partial charge in [0, 0.05) is 5.33 Å². The molecule has 4 nitrogen and oxygen atoms in total. The number of rotatable bonds is 6. The highest BCUT2D eigenvalue weighted by atomic mass is 79.9. The van der Waals surface area contributed by atoms with Gasteiger partial charge in [-0.3, -0.25) is 0 Å². The molecule has 0 aromatic heterocycles. The zero-order chi connectivity index (χ0) is 11.1. The lowest BCUT2D eigenvalue weighted by molar-refractivity contribution is -0.139. The van der Waals surface area contributed by atoms with Crippen molar-refractivity contribution in [2.45, 2.75) is 0 Å². The number of benzene rings is 1. The van der Waals surface area contributed by atoms with Gasteiger partial charge in [0.05, 0.1) is 6.61 Å². The Morgan fingerprint density at radius 3 is 2.20 bits per heavy atom. The molecule has 15 heavy (non-hydrogen) atoms. The van der Waals surface area contributed by atoms with Gasteiger partial charge in [0.25, 0.3) is 0 Å². The van der Waals surface area contributed by atoms with Crippen LogP contribution in [0.25, 0.3) is 0 Å². The summed E-state index contributed by atoms with van der Waals surface area (Å²) in [6, 6.07) is 6.82. The van der Waals surface area contributed by atoms with E-state index in [0.29, 0.717) is 12.4 Å². The van der Waals surface area contributed by atoms with Gasteiger partial charge in [-0.25, -0.2) is 4.79 Å². The number of hydrogen-bond acceptors (Lipinski definition) is 3. The normalized spacial score (nSPS) is 9.67. The maximum absolute atomic E-state index is 10.2. The van der Waals surface area contributed by atoms with Crippen molar-refractivity contribution >= 4 is 21.9 Å². The summed E-state index contributed by atoms with van der Waals surface area (Å²) in [5.41, 5.74) is 0. The van der Waals surface area contributed by atoms with Crippen molar-refractivity contribution in [1.29, 1.82) is 0 Å². The first kappa shape index (κ1) is 11.8. The molecule has 0 atom stereocenters. The second kappa shape index (κ2) is 6.29. The lowest BCUT2D eigenvalue weighted by Gasteiger charge is -2.05. The van der Waals surface area contributed by atoms with E-state index in [0.717, 1.165) is 11.1 Å². The Morgan fingerprint density at radius 1 is 1.20 bits per heavy atom. The lowest BCUT2D eigenvalue weighted by Crippen LogP contribution is -2.09. The molecule has 0 amide bonds. The fourth-order valence-corrected chi connectivity index (χ4v) is 1.10. The number of carbonyl (C=O) groups is 1. The molecule has 0 aliphatic rings. The minimum absolute atomic E-state index is 0.332. The summed E-state index contributed by atoms with van der Waals surface area (Å²) in [6.45, 7) is 0.261. The fraction of sp³-hybridized carbons (Fsp3) is 0.300. The molecule has 0 bridgehead atoms. The van der Waals surface area contributed by atoms with E-state index in [9.17, 15) is 4.79 Å². The van der Waals surface area contributed by atoms with E-state index in [1.807, 2.05) is 0 Å². The van der Waals surface area contributed by atoms with E-state index in [4.69, 9.17) is 14.6 Å². The molecule has 0 saturated heterocycles. The number of carboxylic acid groups (broad SMARTS) is 1. The first-order valence-corrected chi connectivity index (χ1v) is 5.48. The van der Waals surface area contributed by atoms with Gasteiger partial charge >= 0.3 is 5.97 Å². The van der Waals surface area contributed by atoms with Crippen LogP contribution in [0.3, 0.4) is 0 Å². The van der Waals surface area contributed by atoms with Crippen molar-refractivity contribution in [3.8, 4) is 11.5 Å². The van der Waals surface area contributed by atoms with Crippen LogP contribution in [0.2, 0.25) is 0 Å². The third-order valence-electron chi connectivity index (χ3n) is 1.53. The second-order valence-corrected chi connectivity index (χ2v) is 3.48. The van der Waals surface area contributed by atoms with E-state index in [1.165, 1.54) is 0 Å². The SMILES string of the molecule is O=C(O)COc1ccc(OCCBr)cc1. The van der Waals surface area contributed by atoms with Gasteiger partial charge in [-0.1, -0.05) is 15.9 Å². The number of ether oxygens (including phenoxy) is 2. The molecule has 0 saturated carbocycles. The number of aliphatic carboxylic acids is 1. The van der Waals surface area contributed by atoms with Gasteiger partial charge in [-0.15, -0.1) is 0 Å². The van der Waals surface area contributed by atoms with Gasteiger partial charge in [0.1, 0.15) is 11.5 Å². The van der Waals surface area contributed by atoms with E-state index < -0.39 is 5.97 Å². The predicted molar refractivity (Wildman–Crippen MR) is 58.9 cm³/mol. The molecule has 5 heteroatoms. The van der Waals surface area contributed by atoms with Crippen molar-refractivity contribution in [1.82, 2.24) is 0 Å². The van der Waals surface area contributed by atoms with Crippen LogP contribution in [0.4, 0.5) is 0 Å². The first-order chi connectivity index (χ1) is 7.22. The van der Waals surface area contributed by atoms with Gasteiger partial charge in [-0.05, 0) is 24.3 Å². The highest BCUT2D eigenvalue weighted by Crippen LogP contribution is 2.17. The molecule has 0 heterocycles. The van der Waals surface area contributed by atoms with Crippen LogP contribution < -0.4 is 9.47 Å². The fourth-order valence-electron chi connectivity index (χ4n) is 0.934. The summed E-state index contributed by atoms with van der Waals surface area (Å²) in [4.78, 5) is 10.2. The zero-order valence-electron chi connectivity index (χ0n) is 7.98. The average molecular weight is 275 g/mol. The zero-order valence-corrected chi connectivity index (χ0v) is 9.57. The van der Waals surface area contributed by atoms with Gasteiger partial charge in [0.15, 0.2) is 6.61 Å². The number of halogens is 1. The van der Waals surface area contributed by atoms with Crippen LogP contribution in [0.1, 0.15) is 0 Å². The predicted octanol–water partition coefficient (Wildman–Crippen LogP) is 1.92. The van der Waals surface area contributed by atoms with E-state index in [2.05, 4.69) is 15.9 Å².